The molecule has 0 spiro atoms. The zero-order valence-electron chi connectivity index (χ0n) is 21.4. The van der Waals surface area contributed by atoms with Gasteiger partial charge in [0.25, 0.3) is 5.91 Å². The number of alkyl halides is 2. The van der Waals surface area contributed by atoms with E-state index in [2.05, 4.69) is 15.2 Å². The van der Waals surface area contributed by atoms with Gasteiger partial charge in [-0.25, -0.2) is 0 Å². The zero-order chi connectivity index (χ0) is 27.7. The van der Waals surface area contributed by atoms with Crippen LogP contribution in [0.5, 0.6) is 5.75 Å². The number of methoxy groups -OCH3 is 1. The smallest absolute Gasteiger partial charge is 0.387 e. The van der Waals surface area contributed by atoms with Gasteiger partial charge in [0.05, 0.1) is 36.7 Å². The van der Waals surface area contributed by atoms with Crippen LogP contribution in [0.15, 0.2) is 24.4 Å². The number of halogens is 3. The van der Waals surface area contributed by atoms with Gasteiger partial charge in [-0.15, -0.1) is 0 Å². The molecular formula is C25H31ClF2N4O6. The first kappa shape index (κ1) is 28.2. The highest BCUT2D eigenvalue weighted by atomic mass is 35.5. The van der Waals surface area contributed by atoms with Crippen molar-refractivity contribution in [3.05, 3.63) is 40.7 Å². The van der Waals surface area contributed by atoms with Crippen molar-refractivity contribution < 1.29 is 37.7 Å². The molecule has 3 heterocycles. The fourth-order valence-corrected chi connectivity index (χ4v) is 5.33. The van der Waals surface area contributed by atoms with E-state index in [1.807, 2.05) is 18.7 Å². The Bertz CT molecular complexity index is 1180. The van der Waals surface area contributed by atoms with E-state index >= 15 is 0 Å². The molecule has 208 valence electrons. The third kappa shape index (κ3) is 5.63. The van der Waals surface area contributed by atoms with Gasteiger partial charge in [0.1, 0.15) is 11.1 Å². The molecule has 0 bridgehead atoms. The molecule has 0 saturated carbocycles. The number of carbonyl (C=O) groups excluding carboxylic acids is 1. The lowest BCUT2D eigenvalue weighted by atomic mass is 9.84. The van der Waals surface area contributed by atoms with Crippen molar-refractivity contribution in [1.29, 1.82) is 0 Å². The number of anilines is 1. The number of hydrogen-bond donors (Lipinski definition) is 2. The van der Waals surface area contributed by atoms with Gasteiger partial charge in [-0.2, -0.15) is 13.9 Å². The topological polar surface area (TPSA) is 115 Å². The minimum Gasteiger partial charge on any atom is -0.481 e. The lowest BCUT2D eigenvalue weighted by Gasteiger charge is -2.42. The third-order valence-electron chi connectivity index (χ3n) is 7.12. The molecule has 1 unspecified atom stereocenters. The van der Waals surface area contributed by atoms with Crippen molar-refractivity contribution in [2.75, 3.05) is 38.7 Å². The number of amides is 1. The Balaban J connectivity index is 1.66. The number of fused-ring (bicyclic) bond motifs is 1. The lowest BCUT2D eigenvalue weighted by molar-refractivity contribution is -0.145. The number of aliphatic carboxylic acids is 1. The minimum atomic E-state index is -3.11. The maximum absolute atomic E-state index is 14.0. The summed E-state index contributed by atoms with van der Waals surface area (Å²) in [6.45, 7) is 2.17. The molecule has 1 aromatic heterocycles. The number of nitrogens with one attached hydrogen (secondary N) is 1. The number of aromatic nitrogens is 2. The second kappa shape index (κ2) is 11.1. The fourth-order valence-electron chi connectivity index (χ4n) is 5.17. The molecule has 4 rings (SSSR count). The van der Waals surface area contributed by atoms with E-state index in [-0.39, 0.29) is 29.6 Å². The quantitative estimate of drug-likeness (QED) is 0.455. The molecule has 1 saturated heterocycles. The molecule has 13 heteroatoms. The Labute approximate surface area is 223 Å². The molecule has 10 nitrogen and oxygen atoms in total. The highest BCUT2D eigenvalue weighted by molar-refractivity contribution is 6.30. The largest absolute Gasteiger partial charge is 0.481 e. The highest BCUT2D eigenvalue weighted by Gasteiger charge is 2.49. The fraction of sp³-hybridized carbons (Fsp3) is 0.560. The van der Waals surface area contributed by atoms with Gasteiger partial charge < -0.3 is 29.5 Å². The summed E-state index contributed by atoms with van der Waals surface area (Å²) in [6.07, 6.45) is 2.26. The molecule has 1 aromatic carbocycles. The van der Waals surface area contributed by atoms with Crippen molar-refractivity contribution in [3.8, 4) is 5.75 Å². The number of nitrogens with zero attached hydrogens (tertiary/aromatic N) is 3. The first-order valence-corrected chi connectivity index (χ1v) is 12.6. The Morgan fingerprint density at radius 1 is 1.29 bits per heavy atom. The molecule has 2 N–H and O–H groups in total. The van der Waals surface area contributed by atoms with Crippen molar-refractivity contribution in [2.24, 2.45) is 5.92 Å². The standard InChI is InChI=1S/C25H31ClF2N4O6/c1-24(2)20-15(14-37-24)11-29-32(20)25(6-8-31(9-7-25)12-16(13-36-3)21(33)34)22(35)30-18-5-4-17(26)10-19(18)38-23(27)28/h4-5,10-11,16,23H,6-9,12-14H2,1-3H3,(H,30,35)(H,33,34). The first-order chi connectivity index (χ1) is 18.0. The summed E-state index contributed by atoms with van der Waals surface area (Å²) in [5, 5.41) is 17.1. The normalized spacial score (nSPS) is 19.2. The van der Waals surface area contributed by atoms with Crippen molar-refractivity contribution >= 4 is 29.2 Å². The molecule has 0 radical (unpaired) electrons. The number of ether oxygens (including phenoxy) is 3. The van der Waals surface area contributed by atoms with Crippen LogP contribution >= 0.6 is 11.6 Å². The summed E-state index contributed by atoms with van der Waals surface area (Å²) < 4.78 is 43.4. The van der Waals surface area contributed by atoms with Gasteiger partial charge in [-0.05, 0) is 38.8 Å². The highest BCUT2D eigenvalue weighted by Crippen LogP contribution is 2.42. The van der Waals surface area contributed by atoms with Crippen molar-refractivity contribution in [2.45, 2.75) is 51.0 Å². The van der Waals surface area contributed by atoms with Crippen LogP contribution in [0.3, 0.4) is 0 Å². The van der Waals surface area contributed by atoms with E-state index in [0.29, 0.717) is 32.5 Å². The van der Waals surface area contributed by atoms with Crippen LogP contribution in [-0.2, 0) is 36.8 Å². The van der Waals surface area contributed by atoms with Crippen LogP contribution in [0.4, 0.5) is 14.5 Å². The van der Waals surface area contributed by atoms with Crippen LogP contribution in [0, 0.1) is 5.92 Å². The molecule has 2 aliphatic heterocycles. The van der Waals surface area contributed by atoms with Crippen LogP contribution < -0.4 is 10.1 Å². The molecular weight excluding hydrogens is 526 g/mol. The number of carbonyl (C=O) groups is 2. The number of rotatable bonds is 10. The molecule has 1 atom stereocenters. The van der Waals surface area contributed by atoms with Gasteiger partial charge in [0.15, 0.2) is 5.75 Å². The minimum absolute atomic E-state index is 0.0480. The number of carboxylic acid groups (broad SMARTS) is 1. The van der Waals surface area contributed by atoms with Crippen LogP contribution in [0.2, 0.25) is 5.02 Å². The summed E-state index contributed by atoms with van der Waals surface area (Å²) in [6, 6.07) is 4.09. The van der Waals surface area contributed by atoms with Crippen LogP contribution in [0.25, 0.3) is 0 Å². The lowest BCUT2D eigenvalue weighted by Crippen LogP contribution is -2.55. The predicted octanol–water partition coefficient (Wildman–Crippen LogP) is 3.68. The average Bonchev–Trinajstić information content (AvgIpc) is 3.42. The molecule has 38 heavy (non-hydrogen) atoms. The Kier molecular flexibility index (Phi) is 8.26. The maximum atomic E-state index is 14.0. The number of hydrogen-bond acceptors (Lipinski definition) is 7. The second-order valence-electron chi connectivity index (χ2n) is 10.0. The van der Waals surface area contributed by atoms with Crippen molar-refractivity contribution in [3.63, 3.8) is 0 Å². The van der Waals surface area contributed by atoms with Gasteiger partial charge in [-0.3, -0.25) is 14.3 Å². The van der Waals surface area contributed by atoms with Gasteiger partial charge in [0, 0.05) is 43.4 Å². The Hall–Kier alpha value is -2.80. The summed E-state index contributed by atoms with van der Waals surface area (Å²) in [4.78, 5) is 27.7. The number of benzene rings is 1. The summed E-state index contributed by atoms with van der Waals surface area (Å²) >= 11 is 5.97. The number of piperidine rings is 1. The zero-order valence-corrected chi connectivity index (χ0v) is 22.1. The molecule has 1 amide bonds. The summed E-state index contributed by atoms with van der Waals surface area (Å²) in [5.41, 5.74) is -0.218. The molecule has 2 aromatic rings. The monoisotopic (exact) mass is 556 g/mol. The average molecular weight is 557 g/mol. The SMILES string of the molecule is COCC(CN1CCC(C(=O)Nc2ccc(Cl)cc2OC(F)F)(n2ncc3c2C(C)(C)OC3)CC1)C(=O)O. The van der Waals surface area contributed by atoms with E-state index < -0.39 is 35.5 Å². The summed E-state index contributed by atoms with van der Waals surface area (Å²) in [7, 11) is 1.45. The van der Waals surface area contributed by atoms with Gasteiger partial charge in [0.2, 0.25) is 0 Å². The van der Waals surface area contributed by atoms with Gasteiger partial charge in [-0.1, -0.05) is 11.6 Å². The first-order valence-electron chi connectivity index (χ1n) is 12.2. The molecule has 2 aliphatic rings. The van der Waals surface area contributed by atoms with Gasteiger partial charge >= 0.3 is 12.6 Å². The van der Waals surface area contributed by atoms with E-state index in [0.717, 1.165) is 11.3 Å². The van der Waals surface area contributed by atoms with E-state index in [1.165, 1.54) is 25.3 Å². The number of likely N-dealkylation sites (tertiary alicyclic amines) is 1. The van der Waals surface area contributed by atoms with E-state index in [9.17, 15) is 23.5 Å². The van der Waals surface area contributed by atoms with E-state index in [4.69, 9.17) is 21.1 Å². The van der Waals surface area contributed by atoms with Crippen LogP contribution in [0.1, 0.15) is 37.9 Å². The molecule has 1 fully saturated rings. The third-order valence-corrected chi connectivity index (χ3v) is 7.35. The number of carboxylic acids is 1. The van der Waals surface area contributed by atoms with Crippen LogP contribution in [-0.4, -0.2) is 71.6 Å². The Morgan fingerprint density at radius 3 is 2.63 bits per heavy atom. The molecule has 0 aliphatic carbocycles. The predicted molar refractivity (Wildman–Crippen MR) is 133 cm³/mol. The second-order valence-corrected chi connectivity index (χ2v) is 10.5. The Morgan fingerprint density at radius 2 is 2.00 bits per heavy atom. The van der Waals surface area contributed by atoms with E-state index in [1.54, 1.807) is 10.9 Å². The summed E-state index contributed by atoms with van der Waals surface area (Å²) in [5.74, 6) is -2.39. The maximum Gasteiger partial charge on any atom is 0.387 e. The van der Waals surface area contributed by atoms with Crippen molar-refractivity contribution in [1.82, 2.24) is 14.7 Å².